The van der Waals surface area contributed by atoms with Crippen molar-refractivity contribution < 1.29 is 9.59 Å². The summed E-state index contributed by atoms with van der Waals surface area (Å²) in [7, 11) is 1.78. The number of fused-ring (bicyclic) bond motifs is 1. The number of halogens is 1. The summed E-state index contributed by atoms with van der Waals surface area (Å²) in [5.74, 6) is -0.134. The number of benzene rings is 2. The van der Waals surface area contributed by atoms with Crippen LogP contribution in [0.1, 0.15) is 5.56 Å². The normalized spacial score (nSPS) is 13.0. The van der Waals surface area contributed by atoms with Gasteiger partial charge in [-0.2, -0.15) is 0 Å². The molecular formula is C19H20BrN3O2. The summed E-state index contributed by atoms with van der Waals surface area (Å²) in [4.78, 5) is 28.3. The summed E-state index contributed by atoms with van der Waals surface area (Å²) in [6.45, 7) is 1.06. The smallest absolute Gasteiger partial charge is 0.241 e. The Morgan fingerprint density at radius 2 is 1.84 bits per heavy atom. The molecule has 0 spiro atoms. The van der Waals surface area contributed by atoms with E-state index >= 15 is 0 Å². The van der Waals surface area contributed by atoms with Crippen molar-refractivity contribution in [1.29, 1.82) is 0 Å². The second-order valence-corrected chi connectivity index (χ2v) is 6.98. The highest BCUT2D eigenvalue weighted by Gasteiger charge is 2.25. The Morgan fingerprint density at radius 1 is 1.12 bits per heavy atom. The number of likely N-dealkylation sites (N-methyl/N-ethyl adjacent to an activating group) is 1. The van der Waals surface area contributed by atoms with Gasteiger partial charge in [0.05, 0.1) is 18.8 Å². The van der Waals surface area contributed by atoms with Gasteiger partial charge in [0, 0.05) is 16.7 Å². The fourth-order valence-corrected chi connectivity index (χ4v) is 3.35. The van der Waals surface area contributed by atoms with Crippen LogP contribution in [-0.2, 0) is 16.0 Å². The molecule has 25 heavy (non-hydrogen) atoms. The van der Waals surface area contributed by atoms with Crippen molar-refractivity contribution in [3.63, 3.8) is 0 Å². The summed E-state index contributed by atoms with van der Waals surface area (Å²) in [5.41, 5.74) is 2.91. The Morgan fingerprint density at radius 3 is 2.64 bits per heavy atom. The van der Waals surface area contributed by atoms with Crippen molar-refractivity contribution in [2.45, 2.75) is 6.42 Å². The molecule has 0 radical (unpaired) electrons. The van der Waals surface area contributed by atoms with E-state index in [-0.39, 0.29) is 24.9 Å². The van der Waals surface area contributed by atoms with Crippen LogP contribution < -0.4 is 10.2 Å². The minimum atomic E-state index is -0.149. The quantitative estimate of drug-likeness (QED) is 0.837. The molecule has 0 aromatic heterocycles. The first-order valence-corrected chi connectivity index (χ1v) is 8.95. The first kappa shape index (κ1) is 17.6. The SMILES string of the molecule is CN(CC(=O)Nc1ccccc1Br)CC(=O)N1CCc2ccccc21. The number of rotatable bonds is 5. The minimum absolute atomic E-state index is 0.0149. The third-order valence-electron chi connectivity index (χ3n) is 4.15. The van der Waals surface area contributed by atoms with Gasteiger partial charge >= 0.3 is 0 Å². The summed E-state index contributed by atoms with van der Waals surface area (Å²) >= 11 is 3.40. The molecule has 0 fully saturated rings. The van der Waals surface area contributed by atoms with Gasteiger partial charge in [-0.25, -0.2) is 0 Å². The van der Waals surface area contributed by atoms with Gasteiger partial charge in [0.1, 0.15) is 0 Å². The second-order valence-electron chi connectivity index (χ2n) is 6.12. The maximum Gasteiger partial charge on any atom is 0.241 e. The second kappa shape index (κ2) is 7.80. The number of para-hydroxylation sites is 2. The van der Waals surface area contributed by atoms with Crippen LogP contribution in [-0.4, -0.2) is 43.4 Å². The maximum absolute atomic E-state index is 12.6. The average Bonchev–Trinajstić information content (AvgIpc) is 3.01. The number of carbonyl (C=O) groups is 2. The Balaban J connectivity index is 1.54. The van der Waals surface area contributed by atoms with E-state index in [1.54, 1.807) is 16.8 Å². The Bertz CT molecular complexity index is 794. The number of anilines is 2. The molecule has 2 aromatic rings. The zero-order chi connectivity index (χ0) is 17.8. The van der Waals surface area contributed by atoms with E-state index < -0.39 is 0 Å². The van der Waals surface area contributed by atoms with Crippen LogP contribution >= 0.6 is 15.9 Å². The predicted molar refractivity (Wildman–Crippen MR) is 103 cm³/mol. The molecule has 1 heterocycles. The van der Waals surface area contributed by atoms with E-state index in [1.807, 2.05) is 42.5 Å². The van der Waals surface area contributed by atoms with Crippen molar-refractivity contribution in [1.82, 2.24) is 4.90 Å². The largest absolute Gasteiger partial charge is 0.324 e. The Kier molecular flexibility index (Phi) is 5.50. The molecule has 0 bridgehead atoms. The average molecular weight is 402 g/mol. The van der Waals surface area contributed by atoms with Gasteiger partial charge < -0.3 is 10.2 Å². The molecule has 0 aliphatic carbocycles. The highest BCUT2D eigenvalue weighted by atomic mass is 79.9. The number of amides is 2. The third kappa shape index (κ3) is 4.27. The van der Waals surface area contributed by atoms with Crippen LogP contribution in [0.25, 0.3) is 0 Å². The lowest BCUT2D eigenvalue weighted by molar-refractivity contribution is -0.120. The predicted octanol–water partition coefficient (Wildman–Crippen LogP) is 2.91. The zero-order valence-electron chi connectivity index (χ0n) is 14.0. The molecule has 0 saturated heterocycles. The molecule has 130 valence electrons. The Hall–Kier alpha value is -2.18. The van der Waals surface area contributed by atoms with Gasteiger partial charge in [0.2, 0.25) is 11.8 Å². The number of hydrogen-bond donors (Lipinski definition) is 1. The van der Waals surface area contributed by atoms with E-state index in [4.69, 9.17) is 0 Å². The molecule has 0 atom stereocenters. The van der Waals surface area contributed by atoms with Crippen molar-refractivity contribution in [3.05, 3.63) is 58.6 Å². The molecule has 3 rings (SSSR count). The fraction of sp³-hybridized carbons (Fsp3) is 0.263. The van der Waals surface area contributed by atoms with Crippen LogP contribution in [0.4, 0.5) is 11.4 Å². The van der Waals surface area contributed by atoms with E-state index in [9.17, 15) is 9.59 Å². The van der Waals surface area contributed by atoms with E-state index in [0.717, 1.165) is 22.3 Å². The van der Waals surface area contributed by atoms with Crippen LogP contribution in [0.3, 0.4) is 0 Å². The lowest BCUT2D eigenvalue weighted by Gasteiger charge is -2.22. The molecule has 0 saturated carbocycles. The van der Waals surface area contributed by atoms with Crippen LogP contribution in [0, 0.1) is 0 Å². The molecule has 6 heteroatoms. The maximum atomic E-state index is 12.6. The third-order valence-corrected chi connectivity index (χ3v) is 4.85. The summed E-state index contributed by atoms with van der Waals surface area (Å²) in [6.07, 6.45) is 0.883. The van der Waals surface area contributed by atoms with Gasteiger partial charge in [-0.15, -0.1) is 0 Å². The number of carbonyl (C=O) groups excluding carboxylic acids is 2. The summed E-state index contributed by atoms with van der Waals surface area (Å²) in [5, 5.41) is 2.85. The van der Waals surface area contributed by atoms with E-state index in [2.05, 4.69) is 27.3 Å². The van der Waals surface area contributed by atoms with Gasteiger partial charge in [-0.05, 0) is 53.2 Å². The first-order chi connectivity index (χ1) is 12.0. The Labute approximate surface area is 155 Å². The highest BCUT2D eigenvalue weighted by molar-refractivity contribution is 9.10. The van der Waals surface area contributed by atoms with Crippen molar-refractivity contribution in [3.8, 4) is 0 Å². The topological polar surface area (TPSA) is 52.7 Å². The van der Waals surface area contributed by atoms with Crippen LogP contribution in [0.2, 0.25) is 0 Å². The summed E-state index contributed by atoms with van der Waals surface area (Å²) in [6, 6.07) is 15.4. The molecule has 1 N–H and O–H groups in total. The molecule has 2 amide bonds. The molecule has 1 aliphatic rings. The lowest BCUT2D eigenvalue weighted by atomic mass is 10.2. The summed E-state index contributed by atoms with van der Waals surface area (Å²) < 4.78 is 0.829. The lowest BCUT2D eigenvalue weighted by Crippen LogP contribution is -2.40. The monoisotopic (exact) mass is 401 g/mol. The number of nitrogens with zero attached hydrogens (tertiary/aromatic N) is 2. The van der Waals surface area contributed by atoms with Crippen molar-refractivity contribution in [2.24, 2.45) is 0 Å². The van der Waals surface area contributed by atoms with Gasteiger partial charge in [-0.3, -0.25) is 14.5 Å². The highest BCUT2D eigenvalue weighted by Crippen LogP contribution is 2.27. The minimum Gasteiger partial charge on any atom is -0.324 e. The molecule has 0 unspecified atom stereocenters. The van der Waals surface area contributed by atoms with Crippen molar-refractivity contribution >= 4 is 39.1 Å². The molecular weight excluding hydrogens is 382 g/mol. The van der Waals surface area contributed by atoms with E-state index in [0.29, 0.717) is 6.54 Å². The molecule has 5 nitrogen and oxygen atoms in total. The van der Waals surface area contributed by atoms with E-state index in [1.165, 1.54) is 5.56 Å². The number of nitrogens with one attached hydrogen (secondary N) is 1. The standard InChI is InChI=1S/C19H20BrN3O2/c1-22(12-18(24)21-16-8-4-3-7-15(16)20)13-19(25)23-11-10-14-6-2-5-9-17(14)23/h2-9H,10-13H2,1H3,(H,21,24). The van der Waals surface area contributed by atoms with Gasteiger partial charge in [0.25, 0.3) is 0 Å². The van der Waals surface area contributed by atoms with Crippen LogP contribution in [0.15, 0.2) is 53.0 Å². The van der Waals surface area contributed by atoms with Gasteiger partial charge in [0.15, 0.2) is 0 Å². The fourth-order valence-electron chi connectivity index (χ4n) is 2.97. The number of hydrogen-bond acceptors (Lipinski definition) is 3. The molecule has 2 aromatic carbocycles. The van der Waals surface area contributed by atoms with Gasteiger partial charge in [-0.1, -0.05) is 30.3 Å². The first-order valence-electron chi connectivity index (χ1n) is 8.16. The van der Waals surface area contributed by atoms with Crippen LogP contribution in [0.5, 0.6) is 0 Å². The molecule has 1 aliphatic heterocycles. The van der Waals surface area contributed by atoms with Crippen molar-refractivity contribution in [2.75, 3.05) is 36.9 Å². The zero-order valence-corrected chi connectivity index (χ0v) is 15.6.